The number of benzene rings is 2. The van der Waals surface area contributed by atoms with Crippen molar-refractivity contribution in [1.82, 2.24) is 0 Å². The molecule has 2 aromatic carbocycles. The zero-order valence-corrected chi connectivity index (χ0v) is 14.1. The van der Waals surface area contributed by atoms with E-state index in [0.29, 0.717) is 12.1 Å². The molecule has 0 saturated heterocycles. The maximum atomic E-state index is 13.1. The van der Waals surface area contributed by atoms with Gasteiger partial charge in [-0.2, -0.15) is 0 Å². The van der Waals surface area contributed by atoms with Gasteiger partial charge in [0.1, 0.15) is 0 Å². The lowest BCUT2D eigenvalue weighted by Gasteiger charge is -2.17. The Hall–Kier alpha value is -3.49. The molecule has 2 aromatic rings. The Morgan fingerprint density at radius 1 is 0.630 bits per heavy atom. The fourth-order valence-corrected chi connectivity index (χ4v) is 4.20. The van der Waals surface area contributed by atoms with E-state index in [1.54, 1.807) is 0 Å². The zero-order chi connectivity index (χ0) is 20.5. The smallest absolute Gasteiger partial charge is 0.336 e. The standard InChI is InChI=1S/C16H11O10P/c17-13(18)7-1-3-9(15(21)22)11(5-7)27(25,26)12-6-8(14(19)20)2-4-10(12)16(23)24/h1-6H,(H,17,18)(H,19,20)(H,21,22)(H,23,24)(H,25,26). The third kappa shape index (κ3) is 3.71. The van der Waals surface area contributed by atoms with Gasteiger partial charge in [-0.05, 0) is 36.4 Å². The second-order valence-electron chi connectivity index (χ2n) is 5.26. The Labute approximate surface area is 150 Å². The van der Waals surface area contributed by atoms with Crippen molar-refractivity contribution in [3.8, 4) is 0 Å². The van der Waals surface area contributed by atoms with Crippen LogP contribution in [0.4, 0.5) is 0 Å². The highest BCUT2D eigenvalue weighted by Gasteiger charge is 2.34. The van der Waals surface area contributed by atoms with E-state index in [2.05, 4.69) is 0 Å². The number of hydrogen-bond acceptors (Lipinski definition) is 5. The molecule has 10 nitrogen and oxygen atoms in total. The molecule has 0 radical (unpaired) electrons. The van der Waals surface area contributed by atoms with Crippen molar-refractivity contribution in [2.45, 2.75) is 0 Å². The summed E-state index contributed by atoms with van der Waals surface area (Å²) < 4.78 is 13.1. The average molecular weight is 394 g/mol. The number of carboxylic acids is 4. The van der Waals surface area contributed by atoms with Gasteiger partial charge >= 0.3 is 23.9 Å². The molecule has 0 bridgehead atoms. The molecule has 0 aliphatic rings. The van der Waals surface area contributed by atoms with E-state index in [0.717, 1.165) is 24.3 Å². The van der Waals surface area contributed by atoms with Gasteiger partial charge in [-0.1, -0.05) is 0 Å². The molecule has 0 atom stereocenters. The molecular weight excluding hydrogens is 383 g/mol. The summed E-state index contributed by atoms with van der Waals surface area (Å²) in [7, 11) is -5.00. The molecule has 27 heavy (non-hydrogen) atoms. The van der Waals surface area contributed by atoms with E-state index < -0.39 is 64.1 Å². The second-order valence-corrected chi connectivity index (χ2v) is 7.38. The molecule has 5 N–H and O–H groups in total. The van der Waals surface area contributed by atoms with E-state index in [4.69, 9.17) is 10.2 Å². The fourth-order valence-electron chi connectivity index (χ4n) is 2.32. The maximum absolute atomic E-state index is 13.1. The fraction of sp³-hybridized carbons (Fsp3) is 0. The maximum Gasteiger partial charge on any atom is 0.336 e. The normalized spacial score (nSPS) is 11.0. The molecule has 0 saturated carbocycles. The van der Waals surface area contributed by atoms with Crippen LogP contribution in [0.15, 0.2) is 36.4 Å². The topological polar surface area (TPSA) is 186 Å². The lowest BCUT2D eigenvalue weighted by molar-refractivity contribution is 0.0682. The first-order valence-corrected chi connectivity index (χ1v) is 8.68. The molecule has 0 fully saturated rings. The summed E-state index contributed by atoms with van der Waals surface area (Å²) in [5, 5.41) is 34.9. The van der Waals surface area contributed by atoms with Crippen molar-refractivity contribution in [3.05, 3.63) is 58.7 Å². The van der Waals surface area contributed by atoms with Gasteiger partial charge in [0.25, 0.3) is 7.37 Å². The summed E-state index contributed by atoms with van der Waals surface area (Å²) in [5.74, 6) is -6.32. The summed E-state index contributed by atoms with van der Waals surface area (Å²) in [6.07, 6.45) is 0. The molecule has 0 heterocycles. The molecule has 0 aromatic heterocycles. The van der Waals surface area contributed by atoms with Gasteiger partial charge in [-0.3, -0.25) is 4.57 Å². The molecule has 0 unspecified atom stereocenters. The molecular formula is C16H11O10P. The number of carboxylic acid groups (broad SMARTS) is 4. The monoisotopic (exact) mass is 394 g/mol. The summed E-state index contributed by atoms with van der Waals surface area (Å²) in [4.78, 5) is 55.6. The van der Waals surface area contributed by atoms with Gasteiger partial charge < -0.3 is 25.3 Å². The van der Waals surface area contributed by atoms with Crippen LogP contribution in [0.2, 0.25) is 0 Å². The summed E-state index contributed by atoms with van der Waals surface area (Å²) >= 11 is 0. The minimum Gasteiger partial charge on any atom is -0.478 e. The highest BCUT2D eigenvalue weighted by atomic mass is 31.2. The molecule has 0 aliphatic heterocycles. The van der Waals surface area contributed by atoms with Crippen LogP contribution in [-0.4, -0.2) is 49.2 Å². The van der Waals surface area contributed by atoms with Crippen LogP contribution >= 0.6 is 7.37 Å². The van der Waals surface area contributed by atoms with Gasteiger partial charge in [0.05, 0.1) is 32.9 Å². The first-order chi connectivity index (χ1) is 12.5. The summed E-state index contributed by atoms with van der Waals surface area (Å²) in [6.45, 7) is 0. The first kappa shape index (κ1) is 19.8. The SMILES string of the molecule is O=C(O)c1ccc(C(=O)O)c(P(=O)(O)c2cc(C(=O)O)ccc2C(=O)O)c1. The third-order valence-corrected chi connectivity index (χ3v) is 5.65. The molecule has 0 spiro atoms. The van der Waals surface area contributed by atoms with Crippen LogP contribution < -0.4 is 10.6 Å². The second kappa shape index (κ2) is 7.02. The molecule has 0 aliphatic carbocycles. The van der Waals surface area contributed by atoms with Crippen LogP contribution in [0.3, 0.4) is 0 Å². The first-order valence-electron chi connectivity index (χ1n) is 7.02. The van der Waals surface area contributed by atoms with Crippen molar-refractivity contribution in [2.24, 2.45) is 0 Å². The Morgan fingerprint density at radius 2 is 0.963 bits per heavy atom. The highest BCUT2D eigenvalue weighted by Crippen LogP contribution is 2.41. The number of carbonyl (C=O) groups is 4. The van der Waals surface area contributed by atoms with E-state index in [-0.39, 0.29) is 0 Å². The lowest BCUT2D eigenvalue weighted by Crippen LogP contribution is -2.27. The minimum atomic E-state index is -5.00. The van der Waals surface area contributed by atoms with Gasteiger partial charge in [-0.25, -0.2) is 19.2 Å². The third-order valence-electron chi connectivity index (χ3n) is 3.60. The molecule has 140 valence electrons. The largest absolute Gasteiger partial charge is 0.478 e. The van der Waals surface area contributed by atoms with E-state index in [1.165, 1.54) is 0 Å². The highest BCUT2D eigenvalue weighted by molar-refractivity contribution is 7.73. The Bertz CT molecular complexity index is 960. The number of rotatable bonds is 6. The van der Waals surface area contributed by atoms with Crippen LogP contribution in [0, 0.1) is 0 Å². The van der Waals surface area contributed by atoms with Gasteiger partial charge in [0, 0.05) is 0 Å². The average Bonchev–Trinajstić information content (AvgIpc) is 2.60. The van der Waals surface area contributed by atoms with Gasteiger partial charge in [0.15, 0.2) is 0 Å². The van der Waals surface area contributed by atoms with Crippen molar-refractivity contribution in [1.29, 1.82) is 0 Å². The van der Waals surface area contributed by atoms with Crippen molar-refractivity contribution >= 4 is 41.9 Å². The van der Waals surface area contributed by atoms with Crippen LogP contribution in [0.1, 0.15) is 41.4 Å². The molecule has 11 heteroatoms. The quantitative estimate of drug-likeness (QED) is 0.436. The minimum absolute atomic E-state index is 0.504. The Kier molecular flexibility index (Phi) is 5.16. The zero-order valence-electron chi connectivity index (χ0n) is 13.2. The van der Waals surface area contributed by atoms with Gasteiger partial charge in [0.2, 0.25) is 0 Å². The van der Waals surface area contributed by atoms with Crippen molar-refractivity contribution in [2.75, 3.05) is 0 Å². The predicted molar refractivity (Wildman–Crippen MR) is 89.8 cm³/mol. The van der Waals surface area contributed by atoms with Gasteiger partial charge in [-0.15, -0.1) is 0 Å². The molecule has 0 amide bonds. The Balaban J connectivity index is 2.88. The van der Waals surface area contributed by atoms with Crippen molar-refractivity contribution in [3.63, 3.8) is 0 Å². The van der Waals surface area contributed by atoms with E-state index >= 15 is 0 Å². The number of hydrogen-bond donors (Lipinski definition) is 5. The van der Waals surface area contributed by atoms with E-state index in [1.807, 2.05) is 0 Å². The summed E-state index contributed by atoms with van der Waals surface area (Å²) in [5.41, 5.74) is -2.45. The lowest BCUT2D eigenvalue weighted by atomic mass is 10.1. The van der Waals surface area contributed by atoms with Crippen molar-refractivity contribution < 1.29 is 49.1 Å². The van der Waals surface area contributed by atoms with Crippen LogP contribution in [0.5, 0.6) is 0 Å². The Morgan fingerprint density at radius 3 is 1.22 bits per heavy atom. The van der Waals surface area contributed by atoms with Crippen LogP contribution in [-0.2, 0) is 4.57 Å². The molecule has 2 rings (SSSR count). The predicted octanol–water partition coefficient (Wildman–Crippen LogP) is 0.701. The summed E-state index contributed by atoms with van der Waals surface area (Å²) in [6, 6.07) is 4.69. The van der Waals surface area contributed by atoms with E-state index in [9.17, 15) is 38.8 Å². The van der Waals surface area contributed by atoms with Crippen LogP contribution in [0.25, 0.3) is 0 Å². The number of aromatic carboxylic acids is 4.